The van der Waals surface area contributed by atoms with E-state index < -0.39 is 0 Å². The number of benzene rings is 1. The lowest BCUT2D eigenvalue weighted by Crippen LogP contribution is -2.50. The molecule has 0 aromatic heterocycles. The standard InChI is InChI=1S/C12H14ClN3/c1-9-8-15-4-5-16(9)12-3-2-10(7-14)6-11(12)13/h2-3,6,9,15H,4-5,8H2,1H3. The van der Waals surface area contributed by atoms with Crippen LogP contribution in [0, 0.1) is 11.3 Å². The number of hydrogen-bond donors (Lipinski definition) is 1. The molecule has 4 heteroatoms. The maximum atomic E-state index is 8.78. The first-order valence-corrected chi connectivity index (χ1v) is 5.77. The fourth-order valence-corrected chi connectivity index (χ4v) is 2.30. The molecule has 1 aliphatic heterocycles. The molecule has 1 N–H and O–H groups in total. The minimum Gasteiger partial charge on any atom is -0.365 e. The van der Waals surface area contributed by atoms with E-state index in [1.54, 1.807) is 6.07 Å². The van der Waals surface area contributed by atoms with Crippen LogP contribution in [0.5, 0.6) is 0 Å². The molecule has 1 aromatic rings. The lowest BCUT2D eigenvalue weighted by Gasteiger charge is -2.36. The summed E-state index contributed by atoms with van der Waals surface area (Å²) in [6.07, 6.45) is 0. The fraction of sp³-hybridized carbons (Fsp3) is 0.417. The van der Waals surface area contributed by atoms with E-state index >= 15 is 0 Å². The van der Waals surface area contributed by atoms with Crippen LogP contribution >= 0.6 is 11.6 Å². The Morgan fingerprint density at radius 3 is 3.00 bits per heavy atom. The molecule has 1 fully saturated rings. The third-order valence-corrected chi connectivity index (χ3v) is 3.19. The number of hydrogen-bond acceptors (Lipinski definition) is 3. The molecular weight excluding hydrogens is 222 g/mol. The van der Waals surface area contributed by atoms with Gasteiger partial charge in [0.2, 0.25) is 0 Å². The Labute approximate surface area is 101 Å². The SMILES string of the molecule is CC1CNCCN1c1ccc(C#N)cc1Cl. The Kier molecular flexibility index (Phi) is 3.33. The van der Waals surface area contributed by atoms with Gasteiger partial charge < -0.3 is 10.2 Å². The number of nitrogens with zero attached hydrogens (tertiary/aromatic N) is 2. The number of anilines is 1. The van der Waals surface area contributed by atoms with Crippen LogP contribution in [0.2, 0.25) is 5.02 Å². The predicted octanol–water partition coefficient (Wildman–Crippen LogP) is 2.01. The van der Waals surface area contributed by atoms with Gasteiger partial charge in [-0.15, -0.1) is 0 Å². The molecule has 2 rings (SSSR count). The fourth-order valence-electron chi connectivity index (χ4n) is 2.01. The van der Waals surface area contributed by atoms with Crippen molar-refractivity contribution < 1.29 is 0 Å². The predicted molar refractivity (Wildman–Crippen MR) is 65.8 cm³/mol. The maximum absolute atomic E-state index is 8.78. The van der Waals surface area contributed by atoms with Crippen molar-refractivity contribution in [2.24, 2.45) is 0 Å². The van der Waals surface area contributed by atoms with Crippen LogP contribution in [0.25, 0.3) is 0 Å². The van der Waals surface area contributed by atoms with E-state index in [2.05, 4.69) is 23.2 Å². The first-order chi connectivity index (χ1) is 7.72. The summed E-state index contributed by atoms with van der Waals surface area (Å²) in [6.45, 7) is 5.06. The average molecular weight is 236 g/mol. The van der Waals surface area contributed by atoms with Crippen molar-refractivity contribution >= 4 is 17.3 Å². The molecule has 0 amide bonds. The topological polar surface area (TPSA) is 39.1 Å². The zero-order valence-electron chi connectivity index (χ0n) is 9.20. The summed E-state index contributed by atoms with van der Waals surface area (Å²) in [5, 5.41) is 12.8. The van der Waals surface area contributed by atoms with Gasteiger partial charge >= 0.3 is 0 Å². The van der Waals surface area contributed by atoms with Crippen LogP contribution in [0.15, 0.2) is 18.2 Å². The van der Waals surface area contributed by atoms with E-state index in [1.807, 2.05) is 12.1 Å². The first kappa shape index (κ1) is 11.3. The summed E-state index contributed by atoms with van der Waals surface area (Å²) in [7, 11) is 0. The van der Waals surface area contributed by atoms with Crippen molar-refractivity contribution in [3.8, 4) is 6.07 Å². The Hall–Kier alpha value is -1.24. The summed E-state index contributed by atoms with van der Waals surface area (Å²) >= 11 is 6.19. The highest BCUT2D eigenvalue weighted by molar-refractivity contribution is 6.33. The van der Waals surface area contributed by atoms with Gasteiger partial charge in [-0.3, -0.25) is 0 Å². The van der Waals surface area contributed by atoms with Gasteiger partial charge in [0.1, 0.15) is 0 Å². The molecule has 0 aliphatic carbocycles. The largest absolute Gasteiger partial charge is 0.365 e. The highest BCUT2D eigenvalue weighted by Crippen LogP contribution is 2.28. The van der Waals surface area contributed by atoms with Gasteiger partial charge in [-0.25, -0.2) is 0 Å². The third kappa shape index (κ3) is 2.13. The van der Waals surface area contributed by atoms with Crippen LogP contribution in [-0.2, 0) is 0 Å². The quantitative estimate of drug-likeness (QED) is 0.810. The molecule has 16 heavy (non-hydrogen) atoms. The van der Waals surface area contributed by atoms with Gasteiger partial charge in [-0.1, -0.05) is 11.6 Å². The zero-order chi connectivity index (χ0) is 11.5. The molecule has 1 heterocycles. The van der Waals surface area contributed by atoms with Gasteiger partial charge in [0.05, 0.1) is 22.3 Å². The third-order valence-electron chi connectivity index (χ3n) is 2.89. The number of piperazine rings is 1. The number of halogens is 1. The van der Waals surface area contributed by atoms with Crippen molar-refractivity contribution in [2.75, 3.05) is 24.5 Å². The molecule has 0 spiro atoms. The molecule has 84 valence electrons. The maximum Gasteiger partial charge on any atom is 0.0992 e. The van der Waals surface area contributed by atoms with Crippen molar-refractivity contribution in [1.82, 2.24) is 5.32 Å². The van der Waals surface area contributed by atoms with E-state index in [0.717, 1.165) is 25.3 Å². The Bertz CT molecular complexity index is 425. The first-order valence-electron chi connectivity index (χ1n) is 5.39. The molecule has 1 unspecified atom stereocenters. The van der Waals surface area contributed by atoms with Crippen LogP contribution < -0.4 is 10.2 Å². The molecule has 0 radical (unpaired) electrons. The molecule has 0 bridgehead atoms. The lowest BCUT2D eigenvalue weighted by atomic mass is 10.1. The van der Waals surface area contributed by atoms with Crippen molar-refractivity contribution in [2.45, 2.75) is 13.0 Å². The van der Waals surface area contributed by atoms with E-state index in [1.165, 1.54) is 0 Å². The molecule has 0 saturated carbocycles. The molecule has 1 aromatic carbocycles. The highest BCUT2D eigenvalue weighted by atomic mass is 35.5. The van der Waals surface area contributed by atoms with Crippen molar-refractivity contribution in [1.29, 1.82) is 5.26 Å². The van der Waals surface area contributed by atoms with Crippen LogP contribution in [-0.4, -0.2) is 25.7 Å². The zero-order valence-corrected chi connectivity index (χ0v) is 9.96. The molecular formula is C12H14ClN3. The normalized spacial score (nSPS) is 20.6. The monoisotopic (exact) mass is 235 g/mol. The van der Waals surface area contributed by atoms with Gasteiger partial charge in [0.15, 0.2) is 0 Å². The Morgan fingerprint density at radius 2 is 2.38 bits per heavy atom. The minimum absolute atomic E-state index is 0.430. The van der Waals surface area contributed by atoms with Crippen molar-refractivity contribution in [3.05, 3.63) is 28.8 Å². The van der Waals surface area contributed by atoms with Gasteiger partial charge in [0, 0.05) is 25.7 Å². The summed E-state index contributed by atoms with van der Waals surface area (Å²) < 4.78 is 0. The van der Waals surface area contributed by atoms with E-state index in [-0.39, 0.29) is 0 Å². The molecule has 1 saturated heterocycles. The lowest BCUT2D eigenvalue weighted by molar-refractivity contribution is 0.501. The van der Waals surface area contributed by atoms with Crippen molar-refractivity contribution in [3.63, 3.8) is 0 Å². The molecule has 3 nitrogen and oxygen atoms in total. The number of nitrogens with one attached hydrogen (secondary N) is 1. The second-order valence-electron chi connectivity index (χ2n) is 4.02. The highest BCUT2D eigenvalue weighted by Gasteiger charge is 2.20. The minimum atomic E-state index is 0.430. The number of nitriles is 1. The van der Waals surface area contributed by atoms with E-state index in [9.17, 15) is 0 Å². The summed E-state index contributed by atoms with van der Waals surface area (Å²) in [5.41, 5.74) is 1.63. The molecule has 1 atom stereocenters. The van der Waals surface area contributed by atoms with Crippen LogP contribution in [0.3, 0.4) is 0 Å². The summed E-state index contributed by atoms with van der Waals surface area (Å²) in [4.78, 5) is 2.28. The van der Waals surface area contributed by atoms with E-state index in [0.29, 0.717) is 16.6 Å². The van der Waals surface area contributed by atoms with Crippen LogP contribution in [0.1, 0.15) is 12.5 Å². The average Bonchev–Trinajstić information content (AvgIpc) is 2.30. The van der Waals surface area contributed by atoms with Gasteiger partial charge in [-0.05, 0) is 25.1 Å². The van der Waals surface area contributed by atoms with Gasteiger partial charge in [0.25, 0.3) is 0 Å². The number of rotatable bonds is 1. The second kappa shape index (κ2) is 4.73. The van der Waals surface area contributed by atoms with Crippen LogP contribution in [0.4, 0.5) is 5.69 Å². The Balaban J connectivity index is 2.29. The van der Waals surface area contributed by atoms with Gasteiger partial charge in [-0.2, -0.15) is 5.26 Å². The van der Waals surface area contributed by atoms with E-state index in [4.69, 9.17) is 16.9 Å². The summed E-state index contributed by atoms with van der Waals surface area (Å²) in [6, 6.07) is 8.00. The Morgan fingerprint density at radius 1 is 1.56 bits per heavy atom. The molecule has 1 aliphatic rings. The summed E-state index contributed by atoms with van der Waals surface area (Å²) in [5.74, 6) is 0. The smallest absolute Gasteiger partial charge is 0.0992 e. The second-order valence-corrected chi connectivity index (χ2v) is 4.43.